The first-order valence-electron chi connectivity index (χ1n) is 9.77. The standard InChI is InChI=1S/C21H25FN6O/c1-23-20(24-14-19-27-26-18-7-2-3-10-28(18)19)25-15-21(8-11-29-12-9-21)16-5-4-6-17(22)13-16/h2-7,10,13H,8-9,11-12,14-15H2,1H3,(H2,23,24,25). The Hall–Kier alpha value is -3.00. The minimum Gasteiger partial charge on any atom is -0.381 e. The van der Waals surface area contributed by atoms with Crippen LogP contribution in [0.25, 0.3) is 5.65 Å². The number of hydrogen-bond acceptors (Lipinski definition) is 4. The molecule has 152 valence electrons. The lowest BCUT2D eigenvalue weighted by Crippen LogP contribution is -2.48. The van der Waals surface area contributed by atoms with E-state index in [1.54, 1.807) is 19.2 Å². The number of hydrogen-bond donors (Lipinski definition) is 2. The molecule has 1 saturated heterocycles. The van der Waals surface area contributed by atoms with E-state index in [0.717, 1.165) is 29.9 Å². The molecule has 0 spiro atoms. The van der Waals surface area contributed by atoms with Gasteiger partial charge in [-0.25, -0.2) is 4.39 Å². The average Bonchev–Trinajstić information content (AvgIpc) is 3.18. The molecule has 4 rings (SSSR count). The zero-order valence-electron chi connectivity index (χ0n) is 16.4. The number of fused-ring (bicyclic) bond motifs is 1. The maximum atomic E-state index is 13.9. The maximum absolute atomic E-state index is 13.9. The Bertz CT molecular complexity index is 996. The summed E-state index contributed by atoms with van der Waals surface area (Å²) in [5, 5.41) is 15.1. The van der Waals surface area contributed by atoms with Crippen molar-refractivity contribution in [2.24, 2.45) is 4.99 Å². The normalized spacial score (nSPS) is 16.7. The quantitative estimate of drug-likeness (QED) is 0.511. The van der Waals surface area contributed by atoms with Crippen LogP contribution in [0.1, 0.15) is 24.2 Å². The van der Waals surface area contributed by atoms with Crippen molar-refractivity contribution < 1.29 is 9.13 Å². The summed E-state index contributed by atoms with van der Waals surface area (Å²) in [5.74, 6) is 1.25. The number of nitrogens with one attached hydrogen (secondary N) is 2. The van der Waals surface area contributed by atoms with Crippen LogP contribution in [-0.2, 0) is 16.7 Å². The van der Waals surface area contributed by atoms with Crippen LogP contribution in [0.3, 0.4) is 0 Å². The van der Waals surface area contributed by atoms with Gasteiger partial charge in [0.25, 0.3) is 0 Å². The van der Waals surface area contributed by atoms with Gasteiger partial charge in [-0.2, -0.15) is 0 Å². The third-order valence-electron chi connectivity index (χ3n) is 5.50. The zero-order chi connectivity index (χ0) is 20.1. The highest BCUT2D eigenvalue weighted by atomic mass is 19.1. The van der Waals surface area contributed by atoms with Gasteiger partial charge in [-0.05, 0) is 42.7 Å². The van der Waals surface area contributed by atoms with Crippen molar-refractivity contribution in [2.75, 3.05) is 26.8 Å². The van der Waals surface area contributed by atoms with Crippen LogP contribution in [0.4, 0.5) is 4.39 Å². The van der Waals surface area contributed by atoms with Gasteiger partial charge < -0.3 is 15.4 Å². The van der Waals surface area contributed by atoms with Gasteiger partial charge in [0, 0.05) is 38.4 Å². The summed E-state index contributed by atoms with van der Waals surface area (Å²) in [6, 6.07) is 12.7. The SMILES string of the molecule is CN=C(NCc1nnc2ccccn12)NCC1(c2cccc(F)c2)CCOCC1. The van der Waals surface area contributed by atoms with E-state index < -0.39 is 0 Å². The second-order valence-electron chi connectivity index (χ2n) is 7.23. The minimum absolute atomic E-state index is 0.195. The number of benzene rings is 1. The molecule has 3 heterocycles. The molecule has 3 aromatic rings. The molecule has 1 aliphatic heterocycles. The Morgan fingerprint density at radius 1 is 1.17 bits per heavy atom. The summed E-state index contributed by atoms with van der Waals surface area (Å²) >= 11 is 0. The van der Waals surface area contributed by atoms with E-state index in [0.29, 0.717) is 32.3 Å². The molecule has 2 aromatic heterocycles. The van der Waals surface area contributed by atoms with Gasteiger partial charge in [0.15, 0.2) is 17.4 Å². The van der Waals surface area contributed by atoms with Crippen LogP contribution in [-0.4, -0.2) is 47.4 Å². The van der Waals surface area contributed by atoms with E-state index in [1.807, 2.05) is 34.9 Å². The maximum Gasteiger partial charge on any atom is 0.191 e. The highest BCUT2D eigenvalue weighted by molar-refractivity contribution is 5.79. The number of ether oxygens (including phenoxy) is 1. The largest absolute Gasteiger partial charge is 0.381 e. The molecule has 0 atom stereocenters. The minimum atomic E-state index is -0.213. The number of halogens is 1. The van der Waals surface area contributed by atoms with Crippen LogP contribution in [0.15, 0.2) is 53.7 Å². The summed E-state index contributed by atoms with van der Waals surface area (Å²) in [6.45, 7) is 2.45. The highest BCUT2D eigenvalue weighted by Crippen LogP contribution is 2.34. The number of rotatable bonds is 5. The highest BCUT2D eigenvalue weighted by Gasteiger charge is 2.35. The van der Waals surface area contributed by atoms with E-state index in [1.165, 1.54) is 6.07 Å². The van der Waals surface area contributed by atoms with Gasteiger partial charge >= 0.3 is 0 Å². The zero-order valence-corrected chi connectivity index (χ0v) is 16.4. The molecule has 0 saturated carbocycles. The molecule has 0 unspecified atom stereocenters. The summed E-state index contributed by atoms with van der Waals surface area (Å²) in [6.07, 6.45) is 3.59. The number of pyridine rings is 1. The van der Waals surface area contributed by atoms with E-state index >= 15 is 0 Å². The second-order valence-corrected chi connectivity index (χ2v) is 7.23. The van der Waals surface area contributed by atoms with Crippen molar-refractivity contribution >= 4 is 11.6 Å². The van der Waals surface area contributed by atoms with E-state index in [4.69, 9.17) is 4.74 Å². The molecule has 7 nitrogen and oxygen atoms in total. The monoisotopic (exact) mass is 396 g/mol. The molecule has 2 N–H and O–H groups in total. The Balaban J connectivity index is 1.44. The topological polar surface area (TPSA) is 75.8 Å². The van der Waals surface area contributed by atoms with Crippen molar-refractivity contribution in [1.82, 2.24) is 25.2 Å². The average molecular weight is 396 g/mol. The van der Waals surface area contributed by atoms with Gasteiger partial charge in [-0.3, -0.25) is 9.39 Å². The van der Waals surface area contributed by atoms with Crippen molar-refractivity contribution in [3.05, 3.63) is 65.9 Å². The first kappa shape index (κ1) is 19.3. The van der Waals surface area contributed by atoms with Crippen LogP contribution in [0.5, 0.6) is 0 Å². The lowest BCUT2D eigenvalue weighted by molar-refractivity contribution is 0.0513. The molecule has 0 aliphatic carbocycles. The second kappa shape index (κ2) is 8.57. The Kier molecular flexibility index (Phi) is 5.71. The van der Waals surface area contributed by atoms with E-state index in [2.05, 4.69) is 25.8 Å². The summed E-state index contributed by atoms with van der Waals surface area (Å²) in [5.41, 5.74) is 1.60. The van der Waals surface area contributed by atoms with Crippen LogP contribution >= 0.6 is 0 Å². The Morgan fingerprint density at radius 3 is 2.83 bits per heavy atom. The van der Waals surface area contributed by atoms with Gasteiger partial charge in [-0.15, -0.1) is 10.2 Å². The van der Waals surface area contributed by atoms with Gasteiger partial charge in [-0.1, -0.05) is 18.2 Å². The molecule has 0 bridgehead atoms. The summed E-state index contributed by atoms with van der Waals surface area (Å²) in [4.78, 5) is 4.33. The summed E-state index contributed by atoms with van der Waals surface area (Å²) < 4.78 is 21.4. The van der Waals surface area contributed by atoms with E-state index in [9.17, 15) is 4.39 Å². The first-order chi connectivity index (χ1) is 14.2. The van der Waals surface area contributed by atoms with Gasteiger partial charge in [0.1, 0.15) is 5.82 Å². The Morgan fingerprint density at radius 2 is 2.03 bits per heavy atom. The van der Waals surface area contributed by atoms with Gasteiger partial charge in [0.2, 0.25) is 0 Å². The molecular weight excluding hydrogens is 371 g/mol. The van der Waals surface area contributed by atoms with Crippen molar-refractivity contribution in [1.29, 1.82) is 0 Å². The number of nitrogens with zero attached hydrogens (tertiary/aromatic N) is 4. The number of aliphatic imine (C=N–C) groups is 1. The predicted octanol–water partition coefficient (Wildman–Crippen LogP) is 2.28. The molecule has 29 heavy (non-hydrogen) atoms. The number of aromatic nitrogens is 3. The fraction of sp³-hybridized carbons (Fsp3) is 0.381. The fourth-order valence-electron chi connectivity index (χ4n) is 3.80. The Labute approximate surface area is 169 Å². The van der Waals surface area contributed by atoms with Crippen molar-refractivity contribution in [3.8, 4) is 0 Å². The van der Waals surface area contributed by atoms with Gasteiger partial charge in [0.05, 0.1) is 6.54 Å². The lowest BCUT2D eigenvalue weighted by atomic mass is 9.74. The summed E-state index contributed by atoms with van der Waals surface area (Å²) in [7, 11) is 1.73. The molecule has 0 radical (unpaired) electrons. The lowest BCUT2D eigenvalue weighted by Gasteiger charge is -2.38. The molecule has 1 aliphatic rings. The molecule has 0 amide bonds. The predicted molar refractivity (Wildman–Crippen MR) is 109 cm³/mol. The third-order valence-corrected chi connectivity index (χ3v) is 5.50. The van der Waals surface area contributed by atoms with Crippen LogP contribution in [0, 0.1) is 5.82 Å². The van der Waals surface area contributed by atoms with E-state index in [-0.39, 0.29) is 11.2 Å². The molecule has 8 heteroatoms. The molecule has 1 fully saturated rings. The van der Waals surface area contributed by atoms with Crippen LogP contribution in [0.2, 0.25) is 0 Å². The smallest absolute Gasteiger partial charge is 0.191 e. The third kappa shape index (κ3) is 4.22. The first-order valence-corrected chi connectivity index (χ1v) is 9.77. The fourth-order valence-corrected chi connectivity index (χ4v) is 3.80. The van der Waals surface area contributed by atoms with Crippen molar-refractivity contribution in [2.45, 2.75) is 24.8 Å². The number of guanidine groups is 1. The molecular formula is C21H25FN6O. The van der Waals surface area contributed by atoms with Crippen LogP contribution < -0.4 is 10.6 Å². The molecule has 1 aromatic carbocycles. The van der Waals surface area contributed by atoms with Crippen molar-refractivity contribution in [3.63, 3.8) is 0 Å².